The zero-order valence-electron chi connectivity index (χ0n) is 18.2. The molecule has 3 aliphatic heterocycles. The van der Waals surface area contributed by atoms with E-state index in [0.29, 0.717) is 24.6 Å². The predicted octanol–water partition coefficient (Wildman–Crippen LogP) is 3.88. The number of hydrogen-bond acceptors (Lipinski definition) is 6. The second kappa shape index (κ2) is 7.45. The van der Waals surface area contributed by atoms with Crippen LogP contribution in [0.1, 0.15) is 35.4 Å². The van der Waals surface area contributed by atoms with Crippen LogP contribution in [0.4, 0.5) is 4.39 Å². The van der Waals surface area contributed by atoms with Crippen LogP contribution in [0.2, 0.25) is 0 Å². The lowest BCUT2D eigenvalue weighted by atomic mass is 9.94. The van der Waals surface area contributed by atoms with Gasteiger partial charge in [-0.05, 0) is 73.4 Å². The summed E-state index contributed by atoms with van der Waals surface area (Å²) in [7, 11) is 0. The normalized spacial score (nSPS) is 22.2. The number of halogens is 1. The highest BCUT2D eigenvalue weighted by Gasteiger charge is 2.49. The molecular weight excluding hydrogens is 423 g/mol. The standard InChI is InChI=1S/C25H23FN4O3/c1-16-22-13-32-23-12-17(4-9-21(23)29(22)15-27-16)11-18-3-2-10-30-24(18)28-33-25(30,14-31)19-5-7-20(26)8-6-19/h4-9,11-12,15,31H,2-3,10,13-14H2,1H3/t25-/m1/s1. The summed E-state index contributed by atoms with van der Waals surface area (Å²) in [5.41, 5.74) is 4.56. The highest BCUT2D eigenvalue weighted by Crippen LogP contribution is 2.40. The first-order valence-corrected chi connectivity index (χ1v) is 11.0. The molecule has 1 saturated heterocycles. The average Bonchev–Trinajstić information content (AvgIpc) is 3.41. The Balaban J connectivity index is 1.33. The van der Waals surface area contributed by atoms with Crippen molar-refractivity contribution in [1.29, 1.82) is 0 Å². The van der Waals surface area contributed by atoms with Gasteiger partial charge in [-0.1, -0.05) is 11.2 Å². The number of benzene rings is 2. The number of aromatic nitrogens is 2. The van der Waals surface area contributed by atoms with Gasteiger partial charge in [-0.25, -0.2) is 9.37 Å². The Bertz CT molecular complexity index is 1300. The van der Waals surface area contributed by atoms with Gasteiger partial charge in [0.2, 0.25) is 0 Å². The molecule has 33 heavy (non-hydrogen) atoms. The van der Waals surface area contributed by atoms with Crippen LogP contribution in [0.15, 0.2) is 59.5 Å². The number of piperidine rings is 1. The van der Waals surface area contributed by atoms with Crippen molar-refractivity contribution in [1.82, 2.24) is 14.5 Å². The molecule has 1 atom stereocenters. The maximum absolute atomic E-state index is 13.5. The van der Waals surface area contributed by atoms with Crippen LogP contribution in [-0.4, -0.2) is 38.5 Å². The molecule has 2 aromatic carbocycles. The van der Waals surface area contributed by atoms with Crippen LogP contribution in [0.25, 0.3) is 11.8 Å². The predicted molar refractivity (Wildman–Crippen MR) is 120 cm³/mol. The van der Waals surface area contributed by atoms with Gasteiger partial charge in [0.1, 0.15) is 24.8 Å². The molecule has 1 aromatic heterocycles. The zero-order valence-corrected chi connectivity index (χ0v) is 18.2. The Morgan fingerprint density at radius 1 is 1.21 bits per heavy atom. The monoisotopic (exact) mass is 446 g/mol. The average molecular weight is 446 g/mol. The molecule has 0 amide bonds. The van der Waals surface area contributed by atoms with E-state index in [1.165, 1.54) is 12.1 Å². The van der Waals surface area contributed by atoms with Gasteiger partial charge in [-0.3, -0.25) is 4.57 Å². The molecule has 1 N–H and O–H groups in total. The van der Waals surface area contributed by atoms with E-state index in [1.54, 1.807) is 12.1 Å². The highest BCUT2D eigenvalue weighted by atomic mass is 19.1. The lowest BCUT2D eigenvalue weighted by Gasteiger charge is -2.38. The number of aliphatic hydroxyl groups is 1. The Hall–Kier alpha value is -3.65. The molecule has 0 radical (unpaired) electrons. The number of amidine groups is 1. The summed E-state index contributed by atoms with van der Waals surface area (Å²) in [6, 6.07) is 12.1. The summed E-state index contributed by atoms with van der Waals surface area (Å²) >= 11 is 0. The summed E-state index contributed by atoms with van der Waals surface area (Å²) in [5, 5.41) is 14.6. The van der Waals surface area contributed by atoms with Gasteiger partial charge >= 0.3 is 0 Å². The molecule has 3 aromatic rings. The number of fused-ring (bicyclic) bond motifs is 4. The number of hydrogen-bond donors (Lipinski definition) is 1. The Morgan fingerprint density at radius 3 is 2.88 bits per heavy atom. The lowest BCUT2D eigenvalue weighted by molar-refractivity contribution is -0.137. The van der Waals surface area contributed by atoms with E-state index in [-0.39, 0.29) is 12.4 Å². The van der Waals surface area contributed by atoms with Crippen molar-refractivity contribution in [2.75, 3.05) is 13.2 Å². The summed E-state index contributed by atoms with van der Waals surface area (Å²) < 4.78 is 21.5. The Labute approximate surface area is 190 Å². The van der Waals surface area contributed by atoms with Crippen molar-refractivity contribution in [2.24, 2.45) is 5.16 Å². The SMILES string of the molecule is Cc1ncn2c1COc1cc(C=C3CCCN4C3=NO[C@]4(CO)c3ccc(F)cc3)ccc1-2. The number of aryl methyl sites for hydroxylation is 1. The van der Waals surface area contributed by atoms with E-state index >= 15 is 0 Å². The van der Waals surface area contributed by atoms with Crippen LogP contribution in [0.3, 0.4) is 0 Å². The third-order valence-electron chi connectivity index (χ3n) is 6.62. The van der Waals surface area contributed by atoms with E-state index in [4.69, 9.17) is 9.57 Å². The van der Waals surface area contributed by atoms with Crippen molar-refractivity contribution in [3.63, 3.8) is 0 Å². The molecule has 0 aliphatic carbocycles. The molecule has 8 heteroatoms. The van der Waals surface area contributed by atoms with Crippen molar-refractivity contribution < 1.29 is 19.1 Å². The second-order valence-corrected chi connectivity index (χ2v) is 8.54. The number of ether oxygens (including phenoxy) is 1. The Morgan fingerprint density at radius 2 is 2.06 bits per heavy atom. The molecule has 0 bridgehead atoms. The Kier molecular flexibility index (Phi) is 4.51. The molecule has 0 spiro atoms. The lowest BCUT2D eigenvalue weighted by Crippen LogP contribution is -2.51. The maximum atomic E-state index is 13.5. The molecule has 1 fully saturated rings. The van der Waals surface area contributed by atoms with E-state index in [0.717, 1.165) is 46.8 Å². The number of imidazole rings is 1. The number of oxime groups is 1. The minimum Gasteiger partial charge on any atom is -0.485 e. The smallest absolute Gasteiger partial charge is 0.260 e. The third-order valence-corrected chi connectivity index (χ3v) is 6.62. The molecule has 0 saturated carbocycles. The molecule has 7 nitrogen and oxygen atoms in total. The van der Waals surface area contributed by atoms with E-state index in [2.05, 4.69) is 20.8 Å². The molecule has 4 heterocycles. The number of aliphatic hydroxyl groups excluding tert-OH is 1. The van der Waals surface area contributed by atoms with E-state index in [1.807, 2.05) is 36.4 Å². The van der Waals surface area contributed by atoms with Gasteiger partial charge in [0, 0.05) is 12.1 Å². The topological polar surface area (TPSA) is 72.1 Å². The van der Waals surface area contributed by atoms with Crippen LogP contribution in [-0.2, 0) is 17.2 Å². The van der Waals surface area contributed by atoms with E-state index < -0.39 is 5.72 Å². The number of rotatable bonds is 3. The van der Waals surface area contributed by atoms with Crippen molar-refractivity contribution >= 4 is 11.9 Å². The molecule has 168 valence electrons. The van der Waals surface area contributed by atoms with Gasteiger partial charge < -0.3 is 19.6 Å². The fourth-order valence-electron chi connectivity index (χ4n) is 4.83. The largest absolute Gasteiger partial charge is 0.485 e. The summed E-state index contributed by atoms with van der Waals surface area (Å²) in [4.78, 5) is 12.2. The minimum atomic E-state index is -1.14. The molecule has 6 rings (SSSR count). The highest BCUT2D eigenvalue weighted by molar-refractivity contribution is 6.03. The first-order valence-electron chi connectivity index (χ1n) is 11.0. The van der Waals surface area contributed by atoms with Gasteiger partial charge in [0.25, 0.3) is 5.72 Å². The molecular formula is C25H23FN4O3. The first kappa shape index (κ1) is 20.0. The van der Waals surface area contributed by atoms with Crippen molar-refractivity contribution in [3.8, 4) is 11.4 Å². The summed E-state index contributed by atoms with van der Waals surface area (Å²) in [5.74, 6) is 1.17. The van der Waals surface area contributed by atoms with Gasteiger partial charge in [0.15, 0.2) is 5.84 Å². The second-order valence-electron chi connectivity index (χ2n) is 8.54. The quantitative estimate of drug-likeness (QED) is 0.661. The van der Waals surface area contributed by atoms with Gasteiger partial charge in [-0.2, -0.15) is 0 Å². The van der Waals surface area contributed by atoms with Gasteiger partial charge in [-0.15, -0.1) is 0 Å². The van der Waals surface area contributed by atoms with E-state index in [9.17, 15) is 9.50 Å². The summed E-state index contributed by atoms with van der Waals surface area (Å²) in [6.45, 7) is 2.86. The minimum absolute atomic E-state index is 0.293. The van der Waals surface area contributed by atoms with Crippen LogP contribution >= 0.6 is 0 Å². The van der Waals surface area contributed by atoms with Crippen LogP contribution < -0.4 is 4.74 Å². The van der Waals surface area contributed by atoms with Crippen LogP contribution in [0, 0.1) is 12.7 Å². The third kappa shape index (κ3) is 3.05. The molecule has 3 aliphatic rings. The van der Waals surface area contributed by atoms with Crippen molar-refractivity contribution in [2.45, 2.75) is 32.1 Å². The fraction of sp³-hybridized carbons (Fsp3) is 0.280. The van der Waals surface area contributed by atoms with Crippen LogP contribution in [0.5, 0.6) is 5.75 Å². The maximum Gasteiger partial charge on any atom is 0.260 e. The first-order chi connectivity index (χ1) is 16.1. The molecule has 0 unspecified atom stereocenters. The summed E-state index contributed by atoms with van der Waals surface area (Å²) in [6.07, 6.45) is 5.64. The number of nitrogens with zero attached hydrogens (tertiary/aromatic N) is 4. The van der Waals surface area contributed by atoms with Gasteiger partial charge in [0.05, 0.1) is 23.4 Å². The van der Waals surface area contributed by atoms with Crippen molar-refractivity contribution in [3.05, 3.63) is 82.7 Å². The fourth-order valence-corrected chi connectivity index (χ4v) is 4.83. The zero-order chi connectivity index (χ0) is 22.6.